The highest BCUT2D eigenvalue weighted by atomic mass is 16.2. The zero-order valence-corrected chi connectivity index (χ0v) is 18.1. The Labute approximate surface area is 187 Å². The molecule has 164 valence electrons. The lowest BCUT2D eigenvalue weighted by Crippen LogP contribution is -2.53. The molecule has 5 rings (SSSR count). The molecule has 2 aliphatic rings. The van der Waals surface area contributed by atoms with Gasteiger partial charge in [-0.15, -0.1) is 0 Å². The van der Waals surface area contributed by atoms with E-state index < -0.39 is 0 Å². The Hall–Kier alpha value is -3.48. The maximum atomic E-state index is 13.3. The molecule has 7 nitrogen and oxygen atoms in total. The zero-order valence-electron chi connectivity index (χ0n) is 18.1. The molecular weight excluding hydrogens is 402 g/mol. The Balaban J connectivity index is 1.24. The predicted octanol–water partition coefficient (Wildman–Crippen LogP) is 2.83. The number of hydrogen-bond acceptors (Lipinski definition) is 5. The topological polar surface area (TPSA) is 69.6 Å². The SMILES string of the molecule is O=C(c1cccc2ccccc12)N1CCC[C@H](C(=O)N2CCN(c3cnccn3)CC2)C1. The summed E-state index contributed by atoms with van der Waals surface area (Å²) in [6, 6.07) is 13.8. The molecule has 2 saturated heterocycles. The van der Waals surface area contributed by atoms with Gasteiger partial charge < -0.3 is 14.7 Å². The molecule has 2 aliphatic heterocycles. The van der Waals surface area contributed by atoms with Crippen molar-refractivity contribution in [1.82, 2.24) is 19.8 Å². The molecule has 7 heteroatoms. The van der Waals surface area contributed by atoms with Crippen molar-refractivity contribution in [3.05, 3.63) is 66.6 Å². The molecule has 2 aromatic carbocycles. The number of hydrogen-bond donors (Lipinski definition) is 0. The van der Waals surface area contributed by atoms with E-state index in [9.17, 15) is 9.59 Å². The van der Waals surface area contributed by atoms with Crippen LogP contribution in [0.5, 0.6) is 0 Å². The number of aromatic nitrogens is 2. The number of fused-ring (bicyclic) bond motifs is 1. The first-order valence-electron chi connectivity index (χ1n) is 11.3. The molecular formula is C25H27N5O2. The van der Waals surface area contributed by atoms with Crippen LogP contribution in [0.4, 0.5) is 5.82 Å². The second-order valence-electron chi connectivity index (χ2n) is 8.49. The minimum atomic E-state index is -0.134. The van der Waals surface area contributed by atoms with Crippen LogP contribution in [0.2, 0.25) is 0 Å². The summed E-state index contributed by atoms with van der Waals surface area (Å²) < 4.78 is 0. The van der Waals surface area contributed by atoms with Gasteiger partial charge in [-0.05, 0) is 29.7 Å². The van der Waals surface area contributed by atoms with Gasteiger partial charge in [0.2, 0.25) is 5.91 Å². The Morgan fingerprint density at radius 2 is 1.69 bits per heavy atom. The number of carbonyl (C=O) groups is 2. The summed E-state index contributed by atoms with van der Waals surface area (Å²) in [5.74, 6) is 0.904. The van der Waals surface area contributed by atoms with E-state index in [-0.39, 0.29) is 17.7 Å². The van der Waals surface area contributed by atoms with E-state index in [4.69, 9.17) is 0 Å². The maximum Gasteiger partial charge on any atom is 0.254 e. The number of nitrogens with zero attached hydrogens (tertiary/aromatic N) is 5. The van der Waals surface area contributed by atoms with Gasteiger partial charge in [-0.25, -0.2) is 4.98 Å². The molecule has 0 unspecified atom stereocenters. The number of piperidine rings is 1. The Kier molecular flexibility index (Phi) is 5.71. The highest BCUT2D eigenvalue weighted by Gasteiger charge is 2.33. The van der Waals surface area contributed by atoms with Crippen molar-refractivity contribution in [3.8, 4) is 0 Å². The van der Waals surface area contributed by atoms with Crippen LogP contribution in [0, 0.1) is 5.92 Å². The summed E-state index contributed by atoms with van der Waals surface area (Å²) in [5, 5.41) is 2.03. The third-order valence-corrected chi connectivity index (χ3v) is 6.54. The first kappa shape index (κ1) is 20.4. The summed E-state index contributed by atoms with van der Waals surface area (Å²) in [7, 11) is 0. The normalized spacial score (nSPS) is 19.2. The van der Waals surface area contributed by atoms with Crippen LogP contribution in [-0.2, 0) is 4.79 Å². The summed E-state index contributed by atoms with van der Waals surface area (Å²) in [4.78, 5) is 41.1. The summed E-state index contributed by atoms with van der Waals surface area (Å²) >= 11 is 0. The minimum Gasteiger partial charge on any atom is -0.352 e. The fourth-order valence-electron chi connectivity index (χ4n) is 4.81. The monoisotopic (exact) mass is 429 g/mol. The van der Waals surface area contributed by atoms with Crippen molar-refractivity contribution >= 4 is 28.4 Å². The van der Waals surface area contributed by atoms with Crippen LogP contribution < -0.4 is 4.90 Å². The molecule has 2 fully saturated rings. The summed E-state index contributed by atoms with van der Waals surface area (Å²) in [5.41, 5.74) is 0.716. The Morgan fingerprint density at radius 1 is 0.875 bits per heavy atom. The van der Waals surface area contributed by atoms with Crippen molar-refractivity contribution in [2.45, 2.75) is 12.8 Å². The maximum absolute atomic E-state index is 13.3. The number of piperazine rings is 1. The van der Waals surface area contributed by atoms with Crippen LogP contribution in [-0.4, -0.2) is 70.9 Å². The molecule has 0 saturated carbocycles. The first-order valence-corrected chi connectivity index (χ1v) is 11.3. The Morgan fingerprint density at radius 3 is 2.50 bits per heavy atom. The molecule has 0 aliphatic carbocycles. The van der Waals surface area contributed by atoms with Crippen molar-refractivity contribution in [3.63, 3.8) is 0 Å². The lowest BCUT2D eigenvalue weighted by atomic mass is 9.95. The van der Waals surface area contributed by atoms with Gasteiger partial charge in [0.25, 0.3) is 5.91 Å². The Bertz CT molecular complexity index is 1110. The van der Waals surface area contributed by atoms with E-state index in [0.717, 1.165) is 42.5 Å². The minimum absolute atomic E-state index is 0.0202. The molecule has 0 bridgehead atoms. The standard InChI is InChI=1S/C25H27N5O2/c31-24(29-15-13-28(14-16-29)23-17-26-10-11-27-23)20-7-4-12-30(18-20)25(32)22-9-3-6-19-5-1-2-8-21(19)22/h1-3,5-6,8-11,17,20H,4,7,12-16,18H2/t20-/m0/s1. The molecule has 3 aromatic rings. The lowest BCUT2D eigenvalue weighted by Gasteiger charge is -2.39. The number of amides is 2. The third-order valence-electron chi connectivity index (χ3n) is 6.54. The fraction of sp³-hybridized carbons (Fsp3) is 0.360. The molecule has 1 aromatic heterocycles. The molecule has 1 atom stereocenters. The van der Waals surface area contributed by atoms with Crippen molar-refractivity contribution in [1.29, 1.82) is 0 Å². The quantitative estimate of drug-likeness (QED) is 0.640. The predicted molar refractivity (Wildman–Crippen MR) is 123 cm³/mol. The van der Waals surface area contributed by atoms with Gasteiger partial charge in [-0.3, -0.25) is 14.6 Å². The smallest absolute Gasteiger partial charge is 0.254 e. The van der Waals surface area contributed by atoms with Gasteiger partial charge in [-0.2, -0.15) is 0 Å². The summed E-state index contributed by atoms with van der Waals surface area (Å²) in [6.07, 6.45) is 6.80. The van der Waals surface area contributed by atoms with Gasteiger partial charge >= 0.3 is 0 Å². The third kappa shape index (κ3) is 4.02. The number of carbonyl (C=O) groups excluding carboxylic acids is 2. The molecule has 0 spiro atoms. The van der Waals surface area contributed by atoms with Gasteiger partial charge in [0.1, 0.15) is 5.82 Å². The van der Waals surface area contributed by atoms with Crippen molar-refractivity contribution in [2.24, 2.45) is 5.92 Å². The van der Waals surface area contributed by atoms with Gasteiger partial charge in [0.05, 0.1) is 12.1 Å². The fourth-order valence-corrected chi connectivity index (χ4v) is 4.81. The highest BCUT2D eigenvalue weighted by Crippen LogP contribution is 2.25. The lowest BCUT2D eigenvalue weighted by molar-refractivity contribution is -0.137. The average molecular weight is 430 g/mol. The van der Waals surface area contributed by atoms with Crippen molar-refractivity contribution < 1.29 is 9.59 Å². The molecule has 0 radical (unpaired) electrons. The largest absolute Gasteiger partial charge is 0.352 e. The van der Waals surface area contributed by atoms with Crippen LogP contribution in [0.15, 0.2) is 61.1 Å². The van der Waals surface area contributed by atoms with Crippen LogP contribution >= 0.6 is 0 Å². The second kappa shape index (κ2) is 8.94. The zero-order chi connectivity index (χ0) is 21.9. The van der Waals surface area contributed by atoms with Crippen molar-refractivity contribution in [2.75, 3.05) is 44.2 Å². The highest BCUT2D eigenvalue weighted by molar-refractivity contribution is 6.07. The van der Waals surface area contributed by atoms with E-state index in [1.807, 2.05) is 52.3 Å². The molecule has 2 amide bonds. The molecule has 32 heavy (non-hydrogen) atoms. The van der Waals surface area contributed by atoms with E-state index in [1.54, 1.807) is 18.6 Å². The molecule has 0 N–H and O–H groups in total. The number of benzene rings is 2. The van der Waals surface area contributed by atoms with Crippen LogP contribution in [0.1, 0.15) is 23.2 Å². The van der Waals surface area contributed by atoms with E-state index in [0.29, 0.717) is 31.7 Å². The van der Waals surface area contributed by atoms with Gasteiger partial charge in [-0.1, -0.05) is 36.4 Å². The summed E-state index contributed by atoms with van der Waals surface area (Å²) in [6.45, 7) is 4.02. The van der Waals surface area contributed by atoms with E-state index in [1.165, 1.54) is 0 Å². The van der Waals surface area contributed by atoms with Gasteiger partial charge in [0, 0.05) is 57.2 Å². The van der Waals surface area contributed by atoms with Crippen LogP contribution in [0.25, 0.3) is 10.8 Å². The van der Waals surface area contributed by atoms with Crippen LogP contribution in [0.3, 0.4) is 0 Å². The first-order chi connectivity index (χ1) is 15.7. The number of likely N-dealkylation sites (tertiary alicyclic amines) is 1. The molecule has 3 heterocycles. The number of anilines is 1. The van der Waals surface area contributed by atoms with Gasteiger partial charge in [0.15, 0.2) is 0 Å². The second-order valence-corrected chi connectivity index (χ2v) is 8.49. The number of rotatable bonds is 3. The van der Waals surface area contributed by atoms with E-state index in [2.05, 4.69) is 14.9 Å². The average Bonchev–Trinajstić information content (AvgIpc) is 2.88. The van der Waals surface area contributed by atoms with E-state index >= 15 is 0 Å².